The Hall–Kier alpha value is -2.72. The number of aromatic amines is 1. The lowest BCUT2D eigenvalue weighted by Gasteiger charge is -2.35. The number of hydrogen-bond acceptors (Lipinski definition) is 7. The highest BCUT2D eigenvalue weighted by Gasteiger charge is 2.31. The Kier molecular flexibility index (Phi) is 5.14. The standard InChI is InChI=1S/C17H17ClFN7OS/c1-2-13(27)26-4-3-11(19)12(7-26)23-16-14-10(18)6-20-15(14)24-17(25-16)22-9-5-21-28-8-9/h2,5-6,8,11-12H,1,3-4,7H2,(H3,20,22,23,24,25)/t11-,12+/m1/s1. The highest BCUT2D eigenvalue weighted by atomic mass is 35.5. The summed E-state index contributed by atoms with van der Waals surface area (Å²) in [5, 5.41) is 8.99. The molecule has 0 saturated carbocycles. The van der Waals surface area contributed by atoms with Crippen LogP contribution in [0, 0.1) is 0 Å². The van der Waals surface area contributed by atoms with Gasteiger partial charge in [0.05, 0.1) is 28.3 Å². The summed E-state index contributed by atoms with van der Waals surface area (Å²) in [5.41, 5.74) is 1.26. The van der Waals surface area contributed by atoms with Gasteiger partial charge in [0.25, 0.3) is 0 Å². The summed E-state index contributed by atoms with van der Waals surface area (Å²) in [6.07, 6.45) is 3.60. The van der Waals surface area contributed by atoms with Crippen molar-refractivity contribution in [1.82, 2.24) is 24.2 Å². The van der Waals surface area contributed by atoms with Crippen molar-refractivity contribution in [2.45, 2.75) is 18.6 Å². The number of carbonyl (C=O) groups excluding carboxylic acids is 1. The number of amides is 1. The molecule has 3 N–H and O–H groups in total. The molecule has 0 unspecified atom stereocenters. The van der Waals surface area contributed by atoms with Gasteiger partial charge in [-0.25, -0.2) is 4.39 Å². The quantitative estimate of drug-likeness (QED) is 0.546. The third kappa shape index (κ3) is 3.65. The molecular weight excluding hydrogens is 405 g/mol. The third-order valence-corrected chi connectivity index (χ3v) is 5.39. The molecule has 0 spiro atoms. The van der Waals surface area contributed by atoms with E-state index in [0.29, 0.717) is 34.4 Å². The zero-order valence-electron chi connectivity index (χ0n) is 14.7. The number of fused-ring (bicyclic) bond motifs is 1. The van der Waals surface area contributed by atoms with E-state index in [4.69, 9.17) is 11.6 Å². The van der Waals surface area contributed by atoms with Gasteiger partial charge in [-0.1, -0.05) is 18.2 Å². The van der Waals surface area contributed by atoms with Crippen LogP contribution in [0.3, 0.4) is 0 Å². The number of nitrogens with zero attached hydrogens (tertiary/aromatic N) is 4. The number of likely N-dealkylation sites (tertiary alicyclic amines) is 1. The molecule has 8 nitrogen and oxygen atoms in total. The Morgan fingerprint density at radius 1 is 1.50 bits per heavy atom. The number of carbonyl (C=O) groups is 1. The fourth-order valence-electron chi connectivity index (χ4n) is 3.12. The van der Waals surface area contributed by atoms with Crippen molar-refractivity contribution in [3.8, 4) is 0 Å². The normalized spacial score (nSPS) is 19.6. The van der Waals surface area contributed by atoms with Crippen LogP contribution in [0.2, 0.25) is 5.02 Å². The van der Waals surface area contributed by atoms with E-state index in [-0.39, 0.29) is 18.9 Å². The van der Waals surface area contributed by atoms with Gasteiger partial charge in [0.1, 0.15) is 17.6 Å². The SMILES string of the molecule is C=CC(=O)N1CC[C@@H](F)[C@@H](Nc2nc(Nc3cnsc3)nc3[nH]cc(Cl)c23)C1. The van der Waals surface area contributed by atoms with Crippen LogP contribution in [-0.2, 0) is 4.79 Å². The van der Waals surface area contributed by atoms with Crippen molar-refractivity contribution in [1.29, 1.82) is 0 Å². The Morgan fingerprint density at radius 3 is 3.11 bits per heavy atom. The molecule has 1 aliphatic heterocycles. The van der Waals surface area contributed by atoms with Crippen LogP contribution in [0.25, 0.3) is 11.0 Å². The van der Waals surface area contributed by atoms with Crippen molar-refractivity contribution in [3.05, 3.63) is 35.5 Å². The molecule has 0 radical (unpaired) electrons. The molecule has 4 heterocycles. The first kappa shape index (κ1) is 18.6. The summed E-state index contributed by atoms with van der Waals surface area (Å²) < 4.78 is 18.6. The molecule has 3 aromatic heterocycles. The van der Waals surface area contributed by atoms with E-state index in [1.54, 1.807) is 17.3 Å². The van der Waals surface area contributed by atoms with E-state index in [9.17, 15) is 9.18 Å². The number of anilines is 3. The number of rotatable bonds is 5. The van der Waals surface area contributed by atoms with Gasteiger partial charge in [-0.05, 0) is 24.0 Å². The lowest BCUT2D eigenvalue weighted by molar-refractivity contribution is -0.127. The van der Waals surface area contributed by atoms with E-state index < -0.39 is 12.2 Å². The molecule has 11 heteroatoms. The van der Waals surface area contributed by atoms with Gasteiger partial charge in [-0.2, -0.15) is 14.3 Å². The van der Waals surface area contributed by atoms with Crippen LogP contribution < -0.4 is 10.6 Å². The van der Waals surface area contributed by atoms with E-state index in [2.05, 4.69) is 36.5 Å². The summed E-state index contributed by atoms with van der Waals surface area (Å²) in [4.78, 5) is 25.3. The molecule has 1 aliphatic rings. The van der Waals surface area contributed by atoms with Crippen molar-refractivity contribution in [2.24, 2.45) is 0 Å². The van der Waals surface area contributed by atoms with Crippen molar-refractivity contribution >= 4 is 57.5 Å². The summed E-state index contributed by atoms with van der Waals surface area (Å²) in [6.45, 7) is 4.05. The fraction of sp³-hybridized carbons (Fsp3) is 0.294. The summed E-state index contributed by atoms with van der Waals surface area (Å²) in [7, 11) is 0. The maximum Gasteiger partial charge on any atom is 0.246 e. The lowest BCUT2D eigenvalue weighted by Crippen LogP contribution is -2.50. The maximum absolute atomic E-state index is 14.6. The number of alkyl halides is 1. The van der Waals surface area contributed by atoms with Gasteiger partial charge in [0.15, 0.2) is 0 Å². The second-order valence-electron chi connectivity index (χ2n) is 6.34. The molecule has 0 bridgehead atoms. The number of aromatic nitrogens is 4. The van der Waals surface area contributed by atoms with Gasteiger partial charge >= 0.3 is 0 Å². The molecule has 0 aliphatic carbocycles. The van der Waals surface area contributed by atoms with E-state index >= 15 is 0 Å². The number of hydrogen-bond donors (Lipinski definition) is 3. The van der Waals surface area contributed by atoms with Gasteiger partial charge in [0, 0.05) is 24.7 Å². The Labute approximate surface area is 169 Å². The molecule has 1 fully saturated rings. The minimum atomic E-state index is -1.13. The van der Waals surface area contributed by atoms with Crippen LogP contribution in [-0.4, -0.2) is 55.4 Å². The summed E-state index contributed by atoms with van der Waals surface area (Å²) in [6, 6.07) is -0.627. The minimum Gasteiger partial charge on any atom is -0.362 e. The minimum absolute atomic E-state index is 0.205. The largest absolute Gasteiger partial charge is 0.362 e. The number of H-pyrrole nitrogens is 1. The molecule has 4 rings (SSSR count). The first-order valence-electron chi connectivity index (χ1n) is 8.58. The second-order valence-corrected chi connectivity index (χ2v) is 7.40. The average molecular weight is 422 g/mol. The highest BCUT2D eigenvalue weighted by Crippen LogP contribution is 2.31. The van der Waals surface area contributed by atoms with Crippen LogP contribution in [0.5, 0.6) is 0 Å². The second kappa shape index (κ2) is 7.72. The van der Waals surface area contributed by atoms with Crippen molar-refractivity contribution in [3.63, 3.8) is 0 Å². The molecule has 3 aromatic rings. The van der Waals surface area contributed by atoms with Gasteiger partial charge in [-0.3, -0.25) is 4.79 Å². The van der Waals surface area contributed by atoms with Crippen LogP contribution >= 0.6 is 23.1 Å². The average Bonchev–Trinajstić information content (AvgIpc) is 3.33. The first-order chi connectivity index (χ1) is 13.5. The zero-order valence-corrected chi connectivity index (χ0v) is 16.2. The lowest BCUT2D eigenvalue weighted by atomic mass is 10.0. The van der Waals surface area contributed by atoms with Gasteiger partial charge < -0.3 is 20.5 Å². The van der Waals surface area contributed by atoms with Crippen LogP contribution in [0.4, 0.5) is 21.8 Å². The molecule has 1 saturated heterocycles. The van der Waals surface area contributed by atoms with E-state index in [1.165, 1.54) is 17.6 Å². The predicted octanol–water partition coefficient (Wildman–Crippen LogP) is 3.35. The number of nitrogens with one attached hydrogen (secondary N) is 3. The van der Waals surface area contributed by atoms with Gasteiger partial charge in [0.2, 0.25) is 11.9 Å². The Balaban J connectivity index is 1.65. The molecule has 28 heavy (non-hydrogen) atoms. The van der Waals surface area contributed by atoms with Crippen LogP contribution in [0.15, 0.2) is 30.4 Å². The smallest absolute Gasteiger partial charge is 0.246 e. The molecule has 146 valence electrons. The Bertz CT molecular complexity index is 1010. The maximum atomic E-state index is 14.6. The molecule has 2 atom stereocenters. The summed E-state index contributed by atoms with van der Waals surface area (Å²) >= 11 is 7.57. The monoisotopic (exact) mass is 421 g/mol. The van der Waals surface area contributed by atoms with Crippen molar-refractivity contribution in [2.75, 3.05) is 23.7 Å². The summed E-state index contributed by atoms with van der Waals surface area (Å²) in [5.74, 6) is 0.486. The molecule has 0 aromatic carbocycles. The number of halogens is 2. The first-order valence-corrected chi connectivity index (χ1v) is 9.79. The molecule has 1 amide bonds. The fourth-order valence-corrected chi connectivity index (χ4v) is 3.82. The molecular formula is C17H17ClFN7OS. The van der Waals surface area contributed by atoms with E-state index in [0.717, 1.165) is 5.69 Å². The van der Waals surface area contributed by atoms with Crippen LogP contribution in [0.1, 0.15) is 6.42 Å². The van der Waals surface area contributed by atoms with E-state index in [1.807, 2.05) is 5.38 Å². The predicted molar refractivity (Wildman–Crippen MR) is 108 cm³/mol. The topological polar surface area (TPSA) is 98.8 Å². The van der Waals surface area contributed by atoms with Gasteiger partial charge in [-0.15, -0.1) is 0 Å². The highest BCUT2D eigenvalue weighted by molar-refractivity contribution is 7.04. The Morgan fingerprint density at radius 2 is 2.36 bits per heavy atom. The third-order valence-electron chi connectivity index (χ3n) is 4.51. The number of piperidine rings is 1. The van der Waals surface area contributed by atoms with Crippen molar-refractivity contribution < 1.29 is 9.18 Å². The zero-order chi connectivity index (χ0) is 19.7.